The molecule has 0 fully saturated rings. The number of benzene rings is 3. The van der Waals surface area contributed by atoms with Gasteiger partial charge in [-0.3, -0.25) is 9.97 Å². The number of fused-ring (bicyclic) bond motifs is 2. The minimum atomic E-state index is -0.436. The Morgan fingerprint density at radius 3 is 1.46 bits per heavy atom. The summed E-state index contributed by atoms with van der Waals surface area (Å²) >= 11 is 0. The number of pyridine rings is 2. The highest BCUT2D eigenvalue weighted by atomic mass is 16.5. The third-order valence-electron chi connectivity index (χ3n) is 5.15. The lowest BCUT2D eigenvalue weighted by atomic mass is 9.92. The topological polar surface area (TPSA) is 78.4 Å². The van der Waals surface area contributed by atoms with Gasteiger partial charge < -0.3 is 9.47 Å². The minimum Gasteiger partial charge on any atom is -0.465 e. The van der Waals surface area contributed by atoms with Gasteiger partial charge in [-0.1, -0.05) is 36.4 Å². The van der Waals surface area contributed by atoms with Gasteiger partial charge in [-0.15, -0.1) is 0 Å². The van der Waals surface area contributed by atoms with Gasteiger partial charge in [0.15, 0.2) is 0 Å². The van der Waals surface area contributed by atoms with Gasteiger partial charge >= 0.3 is 11.9 Å². The summed E-state index contributed by atoms with van der Waals surface area (Å²) in [7, 11) is 2.70. The zero-order valence-electron chi connectivity index (χ0n) is 15.1. The van der Waals surface area contributed by atoms with Crippen LogP contribution >= 0.6 is 0 Å². The molecular formula is C22H14N2O4. The molecule has 0 unspecified atom stereocenters. The van der Waals surface area contributed by atoms with Crippen LogP contribution in [0.15, 0.2) is 48.8 Å². The van der Waals surface area contributed by atoms with Crippen LogP contribution in [-0.4, -0.2) is 36.1 Å². The SMILES string of the molecule is COC(=O)c1cnc2c3cccc4c(C(=O)OC)cnc(c5cccc1c52)c43. The summed E-state index contributed by atoms with van der Waals surface area (Å²) in [5.74, 6) is -0.872. The summed E-state index contributed by atoms with van der Waals surface area (Å²) in [4.78, 5) is 33.6. The van der Waals surface area contributed by atoms with Crippen LogP contribution in [0, 0.1) is 0 Å². The van der Waals surface area contributed by atoms with Crippen molar-refractivity contribution in [1.29, 1.82) is 0 Å². The van der Waals surface area contributed by atoms with Crippen LogP contribution < -0.4 is 0 Å². The Balaban J connectivity index is 2.05. The smallest absolute Gasteiger partial charge is 0.340 e. The Labute approximate surface area is 159 Å². The van der Waals surface area contributed by atoms with Crippen LogP contribution in [0.25, 0.3) is 43.4 Å². The molecule has 0 aliphatic rings. The predicted octanol–water partition coefficient (Wildman–Crippen LogP) is 4.10. The first kappa shape index (κ1) is 16.4. The molecule has 2 heterocycles. The largest absolute Gasteiger partial charge is 0.465 e. The molecule has 136 valence electrons. The third kappa shape index (κ3) is 2.02. The summed E-state index contributed by atoms with van der Waals surface area (Å²) in [5, 5.41) is 4.95. The van der Waals surface area contributed by atoms with E-state index >= 15 is 0 Å². The standard InChI is InChI=1S/C22H14N2O4/c1-27-21(25)15-9-23-19-14-8-4-6-12-16(22(26)28-2)10-24-20(18(12)14)13-7-3-5-11(15)17(13)19/h3-10H,1-2H3. The fourth-order valence-corrected chi connectivity index (χ4v) is 3.94. The first-order chi connectivity index (χ1) is 13.7. The molecule has 0 bridgehead atoms. The Hall–Kier alpha value is -3.80. The van der Waals surface area contributed by atoms with Crippen LogP contribution in [-0.2, 0) is 9.47 Å². The van der Waals surface area contributed by atoms with Crippen LogP contribution in [0.3, 0.4) is 0 Å². The molecule has 5 aromatic rings. The second-order valence-corrected chi connectivity index (χ2v) is 6.48. The van der Waals surface area contributed by atoms with Crippen LogP contribution in [0.5, 0.6) is 0 Å². The molecule has 0 amide bonds. The molecule has 6 heteroatoms. The molecule has 0 radical (unpaired) electrons. The second kappa shape index (κ2) is 5.85. The fraction of sp³-hybridized carbons (Fsp3) is 0.0909. The molecule has 0 atom stereocenters. The zero-order valence-corrected chi connectivity index (χ0v) is 15.1. The predicted molar refractivity (Wildman–Crippen MR) is 106 cm³/mol. The molecule has 0 saturated carbocycles. The van der Waals surface area contributed by atoms with E-state index in [1.54, 1.807) is 0 Å². The van der Waals surface area contributed by atoms with Gasteiger partial charge in [-0.25, -0.2) is 9.59 Å². The maximum atomic E-state index is 12.2. The van der Waals surface area contributed by atoms with E-state index in [2.05, 4.69) is 9.97 Å². The van der Waals surface area contributed by atoms with E-state index in [1.165, 1.54) is 26.6 Å². The van der Waals surface area contributed by atoms with E-state index in [0.717, 1.165) is 43.4 Å². The van der Waals surface area contributed by atoms with E-state index in [1.807, 2.05) is 36.4 Å². The molecule has 6 nitrogen and oxygen atoms in total. The number of ether oxygens (including phenoxy) is 2. The van der Waals surface area contributed by atoms with E-state index in [4.69, 9.17) is 9.47 Å². The van der Waals surface area contributed by atoms with Crippen molar-refractivity contribution in [2.75, 3.05) is 14.2 Å². The number of carbonyl (C=O) groups excluding carboxylic acids is 2. The highest BCUT2D eigenvalue weighted by molar-refractivity contribution is 6.33. The monoisotopic (exact) mass is 370 g/mol. The molecule has 0 spiro atoms. The van der Waals surface area contributed by atoms with Crippen LogP contribution in [0.2, 0.25) is 0 Å². The van der Waals surface area contributed by atoms with Crippen molar-refractivity contribution >= 4 is 55.3 Å². The molecule has 0 aliphatic carbocycles. The molecule has 0 saturated heterocycles. The van der Waals surface area contributed by atoms with Crippen molar-refractivity contribution in [3.8, 4) is 0 Å². The van der Waals surface area contributed by atoms with Gasteiger partial charge in [0.2, 0.25) is 0 Å². The van der Waals surface area contributed by atoms with Gasteiger partial charge in [0, 0.05) is 44.7 Å². The number of esters is 2. The average molecular weight is 370 g/mol. The lowest BCUT2D eigenvalue weighted by Gasteiger charge is -2.15. The van der Waals surface area contributed by atoms with Crippen molar-refractivity contribution in [2.45, 2.75) is 0 Å². The second-order valence-electron chi connectivity index (χ2n) is 6.48. The van der Waals surface area contributed by atoms with Crippen molar-refractivity contribution < 1.29 is 19.1 Å². The highest BCUT2D eigenvalue weighted by Gasteiger charge is 2.21. The van der Waals surface area contributed by atoms with E-state index in [-0.39, 0.29) is 0 Å². The van der Waals surface area contributed by atoms with E-state index in [9.17, 15) is 9.59 Å². The molecule has 3 aromatic carbocycles. The van der Waals surface area contributed by atoms with Gasteiger partial charge in [0.25, 0.3) is 0 Å². The third-order valence-corrected chi connectivity index (χ3v) is 5.15. The number of methoxy groups -OCH3 is 2. The lowest BCUT2D eigenvalue weighted by molar-refractivity contribution is 0.0593. The first-order valence-electron chi connectivity index (χ1n) is 8.66. The number of rotatable bonds is 2. The maximum Gasteiger partial charge on any atom is 0.340 e. The number of hydrogen-bond acceptors (Lipinski definition) is 6. The summed E-state index contributed by atoms with van der Waals surface area (Å²) in [5.41, 5.74) is 2.31. The fourth-order valence-electron chi connectivity index (χ4n) is 3.94. The molecule has 28 heavy (non-hydrogen) atoms. The Morgan fingerprint density at radius 2 is 1.07 bits per heavy atom. The van der Waals surface area contributed by atoms with Crippen molar-refractivity contribution in [3.63, 3.8) is 0 Å². The lowest BCUT2D eigenvalue weighted by Crippen LogP contribution is -2.05. The average Bonchev–Trinajstić information content (AvgIpc) is 2.75. The van der Waals surface area contributed by atoms with E-state index in [0.29, 0.717) is 11.1 Å². The van der Waals surface area contributed by atoms with Gasteiger partial charge in [-0.05, 0) is 0 Å². The van der Waals surface area contributed by atoms with Gasteiger partial charge in [0.05, 0.1) is 36.4 Å². The summed E-state index contributed by atoms with van der Waals surface area (Å²) < 4.78 is 9.82. The zero-order chi connectivity index (χ0) is 19.4. The highest BCUT2D eigenvalue weighted by Crippen LogP contribution is 2.40. The summed E-state index contributed by atoms with van der Waals surface area (Å²) in [6.45, 7) is 0. The number of hydrogen-bond donors (Lipinski definition) is 0. The maximum absolute atomic E-state index is 12.2. The quantitative estimate of drug-likeness (QED) is 0.264. The molecular weight excluding hydrogens is 356 g/mol. The van der Waals surface area contributed by atoms with E-state index < -0.39 is 11.9 Å². The van der Waals surface area contributed by atoms with Crippen LogP contribution in [0.1, 0.15) is 20.7 Å². The summed E-state index contributed by atoms with van der Waals surface area (Å²) in [6, 6.07) is 11.4. The Bertz CT molecular complexity index is 1300. The molecule has 5 rings (SSSR count). The van der Waals surface area contributed by atoms with Crippen molar-refractivity contribution in [3.05, 3.63) is 59.9 Å². The first-order valence-corrected chi connectivity index (χ1v) is 8.66. The van der Waals surface area contributed by atoms with Gasteiger partial charge in [-0.2, -0.15) is 0 Å². The molecule has 2 aromatic heterocycles. The van der Waals surface area contributed by atoms with Crippen molar-refractivity contribution in [1.82, 2.24) is 9.97 Å². The number of nitrogens with zero attached hydrogens (tertiary/aromatic N) is 2. The van der Waals surface area contributed by atoms with Crippen molar-refractivity contribution in [2.24, 2.45) is 0 Å². The normalized spacial score (nSPS) is 11.5. The number of carbonyl (C=O) groups is 2. The van der Waals surface area contributed by atoms with Gasteiger partial charge in [0.1, 0.15) is 0 Å². The molecule has 0 N–H and O–H groups in total. The molecule has 0 aliphatic heterocycles. The Morgan fingerprint density at radius 1 is 0.679 bits per heavy atom. The number of aromatic nitrogens is 2. The minimum absolute atomic E-state index is 0.407. The summed E-state index contributed by atoms with van der Waals surface area (Å²) in [6.07, 6.45) is 3.07. The van der Waals surface area contributed by atoms with Crippen LogP contribution in [0.4, 0.5) is 0 Å². The Kier molecular flexibility index (Phi) is 3.42.